The predicted octanol–water partition coefficient (Wildman–Crippen LogP) is 1.86. The van der Waals surface area contributed by atoms with Crippen molar-refractivity contribution >= 4 is 29.6 Å². The highest BCUT2D eigenvalue weighted by Crippen LogP contribution is 2.28. The summed E-state index contributed by atoms with van der Waals surface area (Å²) in [4.78, 5) is 21.6. The number of nitrogens with one attached hydrogen (secondary N) is 1. The molecule has 2 aromatic rings. The number of nitrogens with zero attached hydrogens (tertiary/aromatic N) is 1. The Bertz CT molecular complexity index is 791. The lowest BCUT2D eigenvalue weighted by atomic mass is 10.2. The van der Waals surface area contributed by atoms with Gasteiger partial charge in [0.05, 0.1) is 13.3 Å². The van der Waals surface area contributed by atoms with Gasteiger partial charge in [-0.25, -0.2) is 5.43 Å². The number of carbonyl (C=O) groups is 2. The maximum Gasteiger partial charge on any atom is 0.329 e. The van der Waals surface area contributed by atoms with E-state index in [0.717, 1.165) is 5.56 Å². The molecule has 0 aliphatic heterocycles. The maximum absolute atomic E-state index is 11.0. The molecule has 0 bridgehead atoms. The molecular formula is C17H16ClN3O4. The number of hydrazone groups is 1. The van der Waals surface area contributed by atoms with E-state index in [2.05, 4.69) is 5.10 Å². The number of halogens is 1. The first-order chi connectivity index (χ1) is 12.0. The fraction of sp³-hybridized carbons (Fsp3) is 0.118. The maximum atomic E-state index is 11.0. The van der Waals surface area contributed by atoms with Gasteiger partial charge in [0, 0.05) is 5.02 Å². The van der Waals surface area contributed by atoms with Crippen molar-refractivity contribution in [1.29, 1.82) is 0 Å². The van der Waals surface area contributed by atoms with Crippen molar-refractivity contribution in [3.05, 3.63) is 58.6 Å². The average Bonchev–Trinajstić information content (AvgIpc) is 2.61. The summed E-state index contributed by atoms with van der Waals surface area (Å²) in [5.41, 5.74) is 8.41. The molecule has 0 saturated heterocycles. The predicted molar refractivity (Wildman–Crippen MR) is 93.7 cm³/mol. The number of hydrogen-bond acceptors (Lipinski definition) is 5. The Morgan fingerprint density at radius 2 is 1.92 bits per heavy atom. The summed E-state index contributed by atoms with van der Waals surface area (Å²) >= 11 is 5.85. The third-order valence-electron chi connectivity index (χ3n) is 3.10. The van der Waals surface area contributed by atoms with E-state index in [0.29, 0.717) is 28.7 Å². The zero-order valence-corrected chi connectivity index (χ0v) is 14.1. The van der Waals surface area contributed by atoms with Gasteiger partial charge in [0.2, 0.25) is 0 Å². The Morgan fingerprint density at radius 1 is 1.20 bits per heavy atom. The second-order valence-electron chi connectivity index (χ2n) is 4.89. The topological polar surface area (TPSA) is 103 Å². The van der Waals surface area contributed by atoms with Gasteiger partial charge in [-0.3, -0.25) is 9.59 Å². The molecule has 25 heavy (non-hydrogen) atoms. The summed E-state index contributed by atoms with van der Waals surface area (Å²) in [6.45, 7) is 0.357. The fourth-order valence-electron chi connectivity index (χ4n) is 1.85. The zero-order chi connectivity index (χ0) is 18.2. The van der Waals surface area contributed by atoms with Crippen LogP contribution in [0.1, 0.15) is 11.1 Å². The van der Waals surface area contributed by atoms with Gasteiger partial charge < -0.3 is 15.2 Å². The van der Waals surface area contributed by atoms with E-state index in [4.69, 9.17) is 26.8 Å². The highest BCUT2D eigenvalue weighted by Gasteiger charge is 2.07. The van der Waals surface area contributed by atoms with Gasteiger partial charge in [0.25, 0.3) is 0 Å². The Kier molecular flexibility index (Phi) is 6.36. The number of methoxy groups -OCH3 is 1. The van der Waals surface area contributed by atoms with Crippen LogP contribution in [0.25, 0.3) is 0 Å². The minimum absolute atomic E-state index is 0.357. The van der Waals surface area contributed by atoms with Crippen LogP contribution in [0.3, 0.4) is 0 Å². The van der Waals surface area contributed by atoms with Crippen LogP contribution in [0.5, 0.6) is 11.5 Å². The Morgan fingerprint density at radius 3 is 2.56 bits per heavy atom. The number of carbonyl (C=O) groups excluding carboxylic acids is 2. The number of nitrogens with two attached hydrogens (primary N) is 1. The third kappa shape index (κ3) is 5.50. The number of benzene rings is 2. The molecule has 0 fully saturated rings. The normalized spacial score (nSPS) is 10.5. The molecule has 2 amide bonds. The molecule has 0 aromatic heterocycles. The number of rotatable bonds is 6. The SMILES string of the molecule is COc1cc(/C=N\NC(=O)C(N)=O)ccc1OCc1ccc(Cl)cc1. The van der Waals surface area contributed by atoms with Crippen LogP contribution in [0, 0.1) is 0 Å². The van der Waals surface area contributed by atoms with Gasteiger partial charge in [-0.15, -0.1) is 0 Å². The van der Waals surface area contributed by atoms with E-state index in [1.165, 1.54) is 13.3 Å². The van der Waals surface area contributed by atoms with E-state index in [9.17, 15) is 9.59 Å². The second kappa shape index (κ2) is 8.70. The van der Waals surface area contributed by atoms with Crippen molar-refractivity contribution in [2.24, 2.45) is 10.8 Å². The lowest BCUT2D eigenvalue weighted by Gasteiger charge is -2.11. The minimum atomic E-state index is -1.11. The van der Waals surface area contributed by atoms with Crippen molar-refractivity contribution in [2.45, 2.75) is 6.61 Å². The molecule has 0 saturated carbocycles. The van der Waals surface area contributed by atoms with E-state index in [-0.39, 0.29) is 0 Å². The van der Waals surface area contributed by atoms with E-state index < -0.39 is 11.8 Å². The summed E-state index contributed by atoms with van der Waals surface area (Å²) in [5.74, 6) is -1.05. The zero-order valence-electron chi connectivity index (χ0n) is 13.4. The molecule has 0 spiro atoms. The van der Waals surface area contributed by atoms with Crippen LogP contribution in [0.2, 0.25) is 5.02 Å². The Labute approximate surface area is 149 Å². The monoisotopic (exact) mass is 361 g/mol. The lowest BCUT2D eigenvalue weighted by molar-refractivity contribution is -0.137. The fourth-order valence-corrected chi connectivity index (χ4v) is 1.97. The summed E-state index contributed by atoms with van der Waals surface area (Å²) in [6, 6.07) is 12.4. The first kappa shape index (κ1) is 18.3. The van der Waals surface area contributed by atoms with Gasteiger partial charge >= 0.3 is 11.8 Å². The standard InChI is InChI=1S/C17H16ClN3O4/c1-24-15-8-12(9-20-21-17(23)16(19)22)4-7-14(15)25-10-11-2-5-13(18)6-3-11/h2-9H,10H2,1H3,(H2,19,22)(H,21,23)/b20-9-. The molecular weight excluding hydrogens is 346 g/mol. The lowest BCUT2D eigenvalue weighted by Crippen LogP contribution is -2.32. The Balaban J connectivity index is 2.03. The first-order valence-electron chi connectivity index (χ1n) is 7.17. The minimum Gasteiger partial charge on any atom is -0.493 e. The smallest absolute Gasteiger partial charge is 0.329 e. The summed E-state index contributed by atoms with van der Waals surface area (Å²) in [5, 5.41) is 4.30. The van der Waals surface area contributed by atoms with Crippen LogP contribution in [0.15, 0.2) is 47.6 Å². The summed E-state index contributed by atoms with van der Waals surface area (Å²) in [6.07, 6.45) is 1.35. The molecule has 8 heteroatoms. The Hall–Kier alpha value is -3.06. The molecule has 0 atom stereocenters. The van der Waals surface area contributed by atoms with Crippen molar-refractivity contribution < 1.29 is 19.1 Å². The van der Waals surface area contributed by atoms with Gasteiger partial charge in [0.15, 0.2) is 11.5 Å². The molecule has 2 aromatic carbocycles. The molecule has 0 unspecified atom stereocenters. The van der Waals surface area contributed by atoms with Gasteiger partial charge in [-0.1, -0.05) is 23.7 Å². The van der Waals surface area contributed by atoms with Gasteiger partial charge in [-0.05, 0) is 41.5 Å². The molecule has 0 aliphatic rings. The van der Waals surface area contributed by atoms with E-state index in [1.807, 2.05) is 17.6 Å². The molecule has 7 nitrogen and oxygen atoms in total. The van der Waals surface area contributed by atoms with Crippen molar-refractivity contribution in [3.8, 4) is 11.5 Å². The molecule has 0 aliphatic carbocycles. The number of ether oxygens (including phenoxy) is 2. The van der Waals surface area contributed by atoms with Crippen LogP contribution in [0.4, 0.5) is 0 Å². The van der Waals surface area contributed by atoms with Crippen LogP contribution in [-0.2, 0) is 16.2 Å². The second-order valence-corrected chi connectivity index (χ2v) is 5.33. The molecule has 2 rings (SSSR count). The number of primary amides is 1. The third-order valence-corrected chi connectivity index (χ3v) is 3.35. The van der Waals surface area contributed by atoms with Crippen molar-refractivity contribution in [1.82, 2.24) is 5.43 Å². The van der Waals surface area contributed by atoms with Crippen molar-refractivity contribution in [3.63, 3.8) is 0 Å². The van der Waals surface area contributed by atoms with E-state index in [1.54, 1.807) is 30.3 Å². The molecule has 0 radical (unpaired) electrons. The largest absolute Gasteiger partial charge is 0.493 e. The number of hydrogen-bond donors (Lipinski definition) is 2. The summed E-state index contributed by atoms with van der Waals surface area (Å²) in [7, 11) is 1.51. The highest BCUT2D eigenvalue weighted by atomic mass is 35.5. The van der Waals surface area contributed by atoms with Crippen LogP contribution < -0.4 is 20.6 Å². The van der Waals surface area contributed by atoms with Crippen LogP contribution >= 0.6 is 11.6 Å². The van der Waals surface area contributed by atoms with E-state index >= 15 is 0 Å². The molecule has 130 valence electrons. The quantitative estimate of drug-likeness (QED) is 0.465. The van der Waals surface area contributed by atoms with Crippen molar-refractivity contribution in [2.75, 3.05) is 7.11 Å². The van der Waals surface area contributed by atoms with Crippen LogP contribution in [-0.4, -0.2) is 25.1 Å². The van der Waals surface area contributed by atoms with Gasteiger partial charge in [-0.2, -0.15) is 5.10 Å². The first-order valence-corrected chi connectivity index (χ1v) is 7.55. The molecule has 0 heterocycles. The summed E-state index contributed by atoms with van der Waals surface area (Å²) < 4.78 is 11.0. The molecule has 3 N–H and O–H groups in total. The number of amides is 2. The highest BCUT2D eigenvalue weighted by molar-refractivity contribution is 6.34. The average molecular weight is 362 g/mol. The van der Waals surface area contributed by atoms with Gasteiger partial charge in [0.1, 0.15) is 6.61 Å².